The predicted octanol–water partition coefficient (Wildman–Crippen LogP) is 0.104. The van der Waals surface area contributed by atoms with Gasteiger partial charge in [0.1, 0.15) is 6.04 Å². The second kappa shape index (κ2) is 6.22. The number of carbonyl (C=O) groups is 3. The number of amides is 1. The van der Waals surface area contributed by atoms with E-state index in [4.69, 9.17) is 9.47 Å². The molecule has 1 atom stereocenters. The van der Waals surface area contributed by atoms with Crippen LogP contribution in [0.2, 0.25) is 0 Å². The maximum atomic E-state index is 11.4. The fourth-order valence-corrected chi connectivity index (χ4v) is 1.63. The molecule has 17 heavy (non-hydrogen) atoms. The molecule has 96 valence electrons. The summed E-state index contributed by atoms with van der Waals surface area (Å²) < 4.78 is 9.58. The number of nitrogens with zero attached hydrogens (tertiary/aromatic N) is 1. The standard InChI is InChI=1S/C11H17NO5/c1-3-16-10(14)5-6-12-8(7-9(12)13)11(15)17-4-2/h8H,3-7H2,1-2H3. The fraction of sp³-hybridized carbons (Fsp3) is 0.727. The van der Waals surface area contributed by atoms with E-state index in [0.29, 0.717) is 6.61 Å². The zero-order valence-electron chi connectivity index (χ0n) is 10.1. The van der Waals surface area contributed by atoms with Crippen molar-refractivity contribution in [3.8, 4) is 0 Å². The second-order valence-corrected chi connectivity index (χ2v) is 3.61. The van der Waals surface area contributed by atoms with E-state index in [0.717, 1.165) is 0 Å². The van der Waals surface area contributed by atoms with Crippen molar-refractivity contribution in [2.75, 3.05) is 19.8 Å². The number of rotatable bonds is 6. The van der Waals surface area contributed by atoms with Gasteiger partial charge in [0, 0.05) is 6.54 Å². The lowest BCUT2D eigenvalue weighted by molar-refractivity contribution is -0.166. The second-order valence-electron chi connectivity index (χ2n) is 3.61. The molecule has 0 aromatic heterocycles. The van der Waals surface area contributed by atoms with Gasteiger partial charge >= 0.3 is 11.9 Å². The summed E-state index contributed by atoms with van der Waals surface area (Å²) in [5.41, 5.74) is 0. The van der Waals surface area contributed by atoms with Gasteiger partial charge in [-0.2, -0.15) is 0 Å². The van der Waals surface area contributed by atoms with Crippen LogP contribution in [-0.4, -0.2) is 48.5 Å². The highest BCUT2D eigenvalue weighted by molar-refractivity contribution is 5.95. The monoisotopic (exact) mass is 243 g/mol. The van der Waals surface area contributed by atoms with Crippen molar-refractivity contribution in [3.05, 3.63) is 0 Å². The van der Waals surface area contributed by atoms with Crippen LogP contribution in [0.25, 0.3) is 0 Å². The largest absolute Gasteiger partial charge is 0.466 e. The van der Waals surface area contributed by atoms with Crippen LogP contribution < -0.4 is 0 Å². The van der Waals surface area contributed by atoms with Crippen molar-refractivity contribution in [1.29, 1.82) is 0 Å². The highest BCUT2D eigenvalue weighted by atomic mass is 16.5. The molecule has 0 aliphatic carbocycles. The molecule has 0 aromatic carbocycles. The molecule has 1 unspecified atom stereocenters. The summed E-state index contributed by atoms with van der Waals surface area (Å²) in [7, 11) is 0. The summed E-state index contributed by atoms with van der Waals surface area (Å²) in [6, 6.07) is -0.531. The Hall–Kier alpha value is -1.59. The van der Waals surface area contributed by atoms with E-state index in [2.05, 4.69) is 0 Å². The van der Waals surface area contributed by atoms with Crippen LogP contribution in [0.4, 0.5) is 0 Å². The molecule has 0 bridgehead atoms. The van der Waals surface area contributed by atoms with E-state index in [9.17, 15) is 14.4 Å². The Morgan fingerprint density at radius 1 is 1.29 bits per heavy atom. The zero-order valence-corrected chi connectivity index (χ0v) is 10.1. The Balaban J connectivity index is 2.38. The van der Waals surface area contributed by atoms with Gasteiger partial charge in [0.25, 0.3) is 0 Å². The van der Waals surface area contributed by atoms with Gasteiger partial charge in [0.2, 0.25) is 5.91 Å². The molecule has 0 saturated carbocycles. The van der Waals surface area contributed by atoms with Crippen LogP contribution in [0, 0.1) is 0 Å². The van der Waals surface area contributed by atoms with Gasteiger partial charge in [-0.25, -0.2) is 4.79 Å². The van der Waals surface area contributed by atoms with E-state index in [1.54, 1.807) is 13.8 Å². The quantitative estimate of drug-likeness (QED) is 0.489. The van der Waals surface area contributed by atoms with Gasteiger partial charge < -0.3 is 14.4 Å². The van der Waals surface area contributed by atoms with E-state index in [1.807, 2.05) is 0 Å². The van der Waals surface area contributed by atoms with Crippen LogP contribution in [0.3, 0.4) is 0 Å². The minimum Gasteiger partial charge on any atom is -0.466 e. The van der Waals surface area contributed by atoms with Crippen LogP contribution in [-0.2, 0) is 23.9 Å². The van der Waals surface area contributed by atoms with Crippen LogP contribution >= 0.6 is 0 Å². The SMILES string of the molecule is CCOC(=O)CCN1C(=O)CC1C(=O)OCC. The summed E-state index contributed by atoms with van der Waals surface area (Å²) >= 11 is 0. The lowest BCUT2D eigenvalue weighted by Gasteiger charge is -2.38. The van der Waals surface area contributed by atoms with Crippen LogP contribution in [0.1, 0.15) is 26.7 Å². The third-order valence-corrected chi connectivity index (χ3v) is 2.49. The topological polar surface area (TPSA) is 72.9 Å². The van der Waals surface area contributed by atoms with Crippen molar-refractivity contribution in [2.24, 2.45) is 0 Å². The van der Waals surface area contributed by atoms with E-state index >= 15 is 0 Å². The Morgan fingerprint density at radius 3 is 2.47 bits per heavy atom. The molecule has 1 aliphatic heterocycles. The number of likely N-dealkylation sites (tertiary alicyclic amines) is 1. The van der Waals surface area contributed by atoms with Crippen molar-refractivity contribution in [2.45, 2.75) is 32.7 Å². The fourth-order valence-electron chi connectivity index (χ4n) is 1.63. The first kappa shape index (κ1) is 13.5. The number of hydrogen-bond acceptors (Lipinski definition) is 5. The van der Waals surface area contributed by atoms with Gasteiger partial charge in [-0.1, -0.05) is 0 Å². The molecule has 1 rings (SSSR count). The number of β-lactam (4-membered cyclic amide) rings is 1. The molecule has 0 aromatic rings. The summed E-state index contributed by atoms with van der Waals surface area (Å²) in [6.45, 7) is 4.24. The lowest BCUT2D eigenvalue weighted by atomic mass is 10.0. The smallest absolute Gasteiger partial charge is 0.329 e. The van der Waals surface area contributed by atoms with Crippen molar-refractivity contribution < 1.29 is 23.9 Å². The van der Waals surface area contributed by atoms with Crippen LogP contribution in [0.5, 0.6) is 0 Å². The number of carbonyl (C=O) groups excluding carboxylic acids is 3. The first-order valence-electron chi connectivity index (χ1n) is 5.71. The Bertz CT molecular complexity index is 315. The van der Waals surface area contributed by atoms with E-state index in [-0.39, 0.29) is 37.9 Å². The number of esters is 2. The average molecular weight is 243 g/mol. The van der Waals surface area contributed by atoms with Crippen molar-refractivity contribution in [1.82, 2.24) is 4.90 Å². The molecule has 0 spiro atoms. The molecule has 6 nitrogen and oxygen atoms in total. The van der Waals surface area contributed by atoms with Gasteiger partial charge in [-0.3, -0.25) is 9.59 Å². The van der Waals surface area contributed by atoms with Gasteiger partial charge in [-0.15, -0.1) is 0 Å². The highest BCUT2D eigenvalue weighted by Gasteiger charge is 2.42. The molecule has 1 amide bonds. The Morgan fingerprint density at radius 2 is 1.94 bits per heavy atom. The van der Waals surface area contributed by atoms with E-state index < -0.39 is 12.0 Å². The highest BCUT2D eigenvalue weighted by Crippen LogP contribution is 2.20. The Labute approximate surface area is 99.9 Å². The summed E-state index contributed by atoms with van der Waals surface area (Å²) in [5, 5.41) is 0. The minimum absolute atomic E-state index is 0.107. The molecule has 0 N–H and O–H groups in total. The van der Waals surface area contributed by atoms with Gasteiger partial charge in [0.15, 0.2) is 0 Å². The lowest BCUT2D eigenvalue weighted by Crippen LogP contribution is -2.57. The minimum atomic E-state index is -0.531. The van der Waals surface area contributed by atoms with Gasteiger partial charge in [-0.05, 0) is 13.8 Å². The Kier molecular flexibility index (Phi) is 4.93. The summed E-state index contributed by atoms with van der Waals surface area (Å²) in [4.78, 5) is 35.2. The molecule has 0 radical (unpaired) electrons. The summed E-state index contributed by atoms with van der Waals surface area (Å²) in [5.74, 6) is -0.905. The summed E-state index contributed by atoms with van der Waals surface area (Å²) in [6.07, 6.45) is 0.275. The van der Waals surface area contributed by atoms with E-state index in [1.165, 1.54) is 4.90 Å². The first-order chi connectivity index (χ1) is 8.10. The molecular formula is C11H17NO5. The number of hydrogen-bond donors (Lipinski definition) is 0. The molecule has 6 heteroatoms. The third kappa shape index (κ3) is 3.44. The predicted molar refractivity (Wildman–Crippen MR) is 58.0 cm³/mol. The number of ether oxygens (including phenoxy) is 2. The first-order valence-corrected chi connectivity index (χ1v) is 5.71. The van der Waals surface area contributed by atoms with Crippen molar-refractivity contribution >= 4 is 17.8 Å². The van der Waals surface area contributed by atoms with Crippen LogP contribution in [0.15, 0.2) is 0 Å². The normalized spacial score (nSPS) is 18.6. The zero-order chi connectivity index (χ0) is 12.8. The maximum absolute atomic E-state index is 11.4. The molecule has 1 saturated heterocycles. The molecule has 1 fully saturated rings. The third-order valence-electron chi connectivity index (χ3n) is 2.49. The maximum Gasteiger partial charge on any atom is 0.329 e. The van der Waals surface area contributed by atoms with Gasteiger partial charge in [0.05, 0.1) is 26.1 Å². The molecular weight excluding hydrogens is 226 g/mol. The average Bonchev–Trinajstić information content (AvgIpc) is 2.26. The van der Waals surface area contributed by atoms with Crippen molar-refractivity contribution in [3.63, 3.8) is 0 Å². The molecule has 1 heterocycles. The molecule has 1 aliphatic rings.